The highest BCUT2D eigenvalue weighted by Gasteiger charge is 2.28. The zero-order valence-electron chi connectivity index (χ0n) is 21.8. The van der Waals surface area contributed by atoms with E-state index in [2.05, 4.69) is 22.0 Å². The number of thioether (sulfide) groups is 1. The summed E-state index contributed by atoms with van der Waals surface area (Å²) in [6.45, 7) is 6.01. The Morgan fingerprint density at radius 3 is 2.61 bits per heavy atom. The molecule has 200 valence electrons. The van der Waals surface area contributed by atoms with Gasteiger partial charge < -0.3 is 23.5 Å². The van der Waals surface area contributed by atoms with E-state index in [0.29, 0.717) is 49.2 Å². The van der Waals surface area contributed by atoms with Gasteiger partial charge in [-0.3, -0.25) is 5.32 Å². The van der Waals surface area contributed by atoms with Crippen LogP contribution in [0.3, 0.4) is 0 Å². The average molecular weight is 536 g/mol. The van der Waals surface area contributed by atoms with E-state index >= 15 is 0 Å². The molecule has 0 spiro atoms. The summed E-state index contributed by atoms with van der Waals surface area (Å²) in [5, 5.41) is 14.2. The van der Waals surface area contributed by atoms with E-state index in [4.69, 9.17) is 18.9 Å². The molecule has 2 heterocycles. The summed E-state index contributed by atoms with van der Waals surface area (Å²) in [6.07, 6.45) is 2.65. The van der Waals surface area contributed by atoms with Gasteiger partial charge in [0.15, 0.2) is 0 Å². The van der Waals surface area contributed by atoms with Gasteiger partial charge in [-0.2, -0.15) is 17.0 Å². The van der Waals surface area contributed by atoms with Crippen LogP contribution in [0.5, 0.6) is 5.75 Å². The Labute approximate surface area is 227 Å². The lowest BCUT2D eigenvalue weighted by atomic mass is 9.92. The average Bonchev–Trinajstić information content (AvgIpc) is 3.19. The zero-order valence-corrected chi connectivity index (χ0v) is 22.6. The summed E-state index contributed by atoms with van der Waals surface area (Å²) in [4.78, 5) is 12.0. The number of rotatable bonds is 9. The fourth-order valence-electron chi connectivity index (χ4n) is 4.81. The fourth-order valence-corrected chi connectivity index (χ4v) is 5.71. The van der Waals surface area contributed by atoms with Crippen molar-refractivity contribution >= 4 is 34.4 Å². The highest BCUT2D eigenvalue weighted by Crippen LogP contribution is 2.43. The first-order valence-corrected chi connectivity index (χ1v) is 14.1. The Bertz CT molecular complexity index is 1300. The minimum atomic E-state index is -0.486. The fraction of sp³-hybridized carbons (Fsp3) is 0.448. The number of amides is 1. The lowest BCUT2D eigenvalue weighted by Gasteiger charge is -2.30. The molecule has 0 radical (unpaired) electrons. The van der Waals surface area contributed by atoms with Gasteiger partial charge in [0.1, 0.15) is 18.6 Å². The number of ether oxygens (including phenoxy) is 4. The summed E-state index contributed by atoms with van der Waals surface area (Å²) in [5.41, 5.74) is 4.16. The molecular weight excluding hydrogens is 502 g/mol. The Kier molecular flexibility index (Phi) is 8.42. The molecule has 2 fully saturated rings. The highest BCUT2D eigenvalue weighted by molar-refractivity contribution is 7.99. The summed E-state index contributed by atoms with van der Waals surface area (Å²) in [5.74, 6) is 1.64. The molecule has 0 bridgehead atoms. The molecule has 1 aliphatic carbocycles. The first-order chi connectivity index (χ1) is 18.5. The zero-order chi connectivity index (χ0) is 26.5. The van der Waals surface area contributed by atoms with Gasteiger partial charge in [-0.05, 0) is 62.9 Å². The maximum absolute atomic E-state index is 12.0. The van der Waals surface area contributed by atoms with Gasteiger partial charge in [0.25, 0.3) is 0 Å². The number of aromatic nitrogens is 1. The van der Waals surface area contributed by atoms with Crippen molar-refractivity contribution in [2.45, 2.75) is 50.5 Å². The topological polar surface area (TPSA) is 94.7 Å². The Hall–Kier alpha value is -3.19. The third-order valence-corrected chi connectivity index (χ3v) is 7.90. The van der Waals surface area contributed by atoms with E-state index in [0.717, 1.165) is 46.5 Å². The summed E-state index contributed by atoms with van der Waals surface area (Å²) >= 11 is 1.80. The number of nitrogens with one attached hydrogen (secondary N) is 1. The number of carbonyl (C=O) groups excluding carboxylic acids is 1. The molecule has 38 heavy (non-hydrogen) atoms. The third-order valence-electron chi connectivity index (χ3n) is 6.75. The van der Waals surface area contributed by atoms with Gasteiger partial charge in [0.05, 0.1) is 47.9 Å². The highest BCUT2D eigenvalue weighted by atomic mass is 32.2. The SMILES string of the molecule is CC(C)OC(=O)Nc1ccc(-c2c(C#N)c3ccc(OCCSC4COCOC4)cc3n2C2CCC2)cc1. The van der Waals surface area contributed by atoms with E-state index in [1.54, 1.807) is 11.8 Å². The quantitative estimate of drug-likeness (QED) is 0.319. The van der Waals surface area contributed by atoms with E-state index < -0.39 is 6.09 Å². The van der Waals surface area contributed by atoms with Crippen molar-refractivity contribution in [1.29, 1.82) is 5.26 Å². The molecule has 1 saturated heterocycles. The van der Waals surface area contributed by atoms with Crippen molar-refractivity contribution < 1.29 is 23.7 Å². The number of fused-ring (bicyclic) bond motifs is 1. The van der Waals surface area contributed by atoms with Gasteiger partial charge >= 0.3 is 6.09 Å². The van der Waals surface area contributed by atoms with Crippen LogP contribution >= 0.6 is 11.8 Å². The molecule has 9 heteroatoms. The van der Waals surface area contributed by atoms with Crippen molar-refractivity contribution in [2.24, 2.45) is 0 Å². The first-order valence-electron chi connectivity index (χ1n) is 13.1. The number of benzene rings is 2. The number of nitriles is 1. The largest absolute Gasteiger partial charge is 0.493 e. The standard InChI is InChI=1S/C29H33N3O5S/c1-19(2)37-29(33)31-21-8-6-20(7-9-21)28-26(15-30)25-11-10-23(14-27(25)32(28)22-4-3-5-22)36-12-13-38-24-16-34-18-35-17-24/h6-11,14,19,22,24H,3-5,12-13,16-18H2,1-2H3,(H,31,33). The van der Waals surface area contributed by atoms with Crippen LogP contribution in [0.25, 0.3) is 22.2 Å². The molecule has 5 rings (SSSR count). The number of nitrogens with zero attached hydrogens (tertiary/aromatic N) is 2. The normalized spacial score (nSPS) is 16.3. The maximum Gasteiger partial charge on any atom is 0.411 e. The van der Waals surface area contributed by atoms with Crippen LogP contribution in [0, 0.1) is 11.3 Å². The summed E-state index contributed by atoms with van der Waals surface area (Å²) in [6, 6.07) is 16.4. The smallest absolute Gasteiger partial charge is 0.411 e. The molecule has 3 aromatic rings. The molecule has 2 aromatic carbocycles. The van der Waals surface area contributed by atoms with E-state index in [1.165, 1.54) is 6.42 Å². The van der Waals surface area contributed by atoms with E-state index in [-0.39, 0.29) is 6.10 Å². The van der Waals surface area contributed by atoms with Crippen molar-refractivity contribution in [3.63, 3.8) is 0 Å². The Balaban J connectivity index is 1.38. The second kappa shape index (κ2) is 12.1. The molecule has 1 N–H and O–H groups in total. The molecule has 1 aliphatic heterocycles. The predicted molar refractivity (Wildman–Crippen MR) is 149 cm³/mol. The number of hydrogen-bond donors (Lipinski definition) is 1. The third kappa shape index (κ3) is 5.93. The minimum Gasteiger partial charge on any atom is -0.493 e. The van der Waals surface area contributed by atoms with Crippen LogP contribution in [0.4, 0.5) is 10.5 Å². The lowest BCUT2D eigenvalue weighted by molar-refractivity contribution is -0.0925. The number of anilines is 1. The van der Waals surface area contributed by atoms with Crippen molar-refractivity contribution in [2.75, 3.05) is 37.7 Å². The monoisotopic (exact) mass is 535 g/mol. The van der Waals surface area contributed by atoms with Crippen LogP contribution in [0.1, 0.15) is 44.7 Å². The summed E-state index contributed by atoms with van der Waals surface area (Å²) in [7, 11) is 0. The first kappa shape index (κ1) is 26.4. The molecule has 1 saturated carbocycles. The second-order valence-electron chi connectivity index (χ2n) is 9.83. The Morgan fingerprint density at radius 1 is 1.18 bits per heavy atom. The summed E-state index contributed by atoms with van der Waals surface area (Å²) < 4.78 is 24.3. The number of hydrogen-bond acceptors (Lipinski definition) is 7. The van der Waals surface area contributed by atoms with Gasteiger partial charge in [0, 0.05) is 28.9 Å². The van der Waals surface area contributed by atoms with Crippen molar-refractivity contribution in [3.05, 3.63) is 48.0 Å². The molecule has 0 unspecified atom stereocenters. The van der Waals surface area contributed by atoms with Gasteiger partial charge in [0.2, 0.25) is 0 Å². The van der Waals surface area contributed by atoms with Crippen LogP contribution in [0.15, 0.2) is 42.5 Å². The minimum absolute atomic E-state index is 0.195. The molecule has 0 atom stereocenters. The van der Waals surface area contributed by atoms with E-state index in [1.807, 2.05) is 50.2 Å². The second-order valence-corrected chi connectivity index (χ2v) is 11.2. The van der Waals surface area contributed by atoms with Crippen molar-refractivity contribution in [3.8, 4) is 23.1 Å². The Morgan fingerprint density at radius 2 is 1.95 bits per heavy atom. The lowest BCUT2D eigenvalue weighted by Crippen LogP contribution is -2.27. The predicted octanol–water partition coefficient (Wildman–Crippen LogP) is 6.35. The van der Waals surface area contributed by atoms with Crippen molar-refractivity contribution in [1.82, 2.24) is 4.57 Å². The van der Waals surface area contributed by atoms with Gasteiger partial charge in [-0.25, -0.2) is 4.79 Å². The molecular formula is C29H33N3O5S. The van der Waals surface area contributed by atoms with Crippen LogP contribution < -0.4 is 10.1 Å². The van der Waals surface area contributed by atoms with Gasteiger partial charge in [-0.1, -0.05) is 12.1 Å². The van der Waals surface area contributed by atoms with Crippen LogP contribution in [-0.2, 0) is 14.2 Å². The molecule has 1 amide bonds. The molecule has 2 aliphatic rings. The molecule has 1 aromatic heterocycles. The van der Waals surface area contributed by atoms with Crippen LogP contribution in [0.2, 0.25) is 0 Å². The molecule has 8 nitrogen and oxygen atoms in total. The number of carbonyl (C=O) groups is 1. The van der Waals surface area contributed by atoms with E-state index in [9.17, 15) is 10.1 Å². The maximum atomic E-state index is 12.0. The van der Waals surface area contributed by atoms with Gasteiger partial charge in [-0.15, -0.1) is 0 Å². The van der Waals surface area contributed by atoms with Crippen LogP contribution in [-0.4, -0.2) is 54.4 Å².